The zero-order valence-electron chi connectivity index (χ0n) is 13.7. The maximum Gasteiger partial charge on any atom is 0.0412 e. The quantitative estimate of drug-likeness (QED) is 0.755. The molecule has 0 aromatic heterocycles. The molecule has 0 aliphatic heterocycles. The molecule has 0 unspecified atom stereocenters. The first kappa shape index (κ1) is 16.6. The summed E-state index contributed by atoms with van der Waals surface area (Å²) in [7, 11) is 2.24. The highest BCUT2D eigenvalue weighted by Gasteiger charge is 2.23. The zero-order chi connectivity index (χ0) is 15.2. The minimum atomic E-state index is 0.673. The topological polar surface area (TPSA) is 15.3 Å². The van der Waals surface area contributed by atoms with E-state index in [9.17, 15) is 0 Å². The molecule has 21 heavy (non-hydrogen) atoms. The predicted molar refractivity (Wildman–Crippen MR) is 93.3 cm³/mol. The molecule has 2 rings (SSSR count). The highest BCUT2D eigenvalue weighted by Crippen LogP contribution is 2.32. The van der Waals surface area contributed by atoms with Crippen LogP contribution in [-0.4, -0.2) is 19.6 Å². The lowest BCUT2D eigenvalue weighted by Crippen LogP contribution is -2.35. The molecule has 0 atom stereocenters. The summed E-state index contributed by atoms with van der Waals surface area (Å²) in [5, 5.41) is 4.33. The van der Waals surface area contributed by atoms with E-state index in [0.29, 0.717) is 6.04 Å². The molecule has 1 aromatic rings. The van der Waals surface area contributed by atoms with E-state index in [1.165, 1.54) is 36.9 Å². The van der Waals surface area contributed by atoms with E-state index in [4.69, 9.17) is 11.6 Å². The van der Waals surface area contributed by atoms with Crippen LogP contribution in [0.4, 0.5) is 5.69 Å². The monoisotopic (exact) mass is 308 g/mol. The first-order valence-corrected chi connectivity index (χ1v) is 8.71. The lowest BCUT2D eigenvalue weighted by Gasteiger charge is -2.36. The van der Waals surface area contributed by atoms with E-state index < -0.39 is 0 Å². The van der Waals surface area contributed by atoms with Gasteiger partial charge in [0, 0.05) is 30.3 Å². The smallest absolute Gasteiger partial charge is 0.0412 e. The van der Waals surface area contributed by atoms with Gasteiger partial charge in [-0.1, -0.05) is 25.4 Å². The van der Waals surface area contributed by atoms with E-state index in [1.54, 1.807) is 0 Å². The minimum absolute atomic E-state index is 0.673. The van der Waals surface area contributed by atoms with Crippen LogP contribution in [0.2, 0.25) is 5.02 Å². The van der Waals surface area contributed by atoms with Crippen LogP contribution >= 0.6 is 11.6 Å². The van der Waals surface area contributed by atoms with Gasteiger partial charge in [0.25, 0.3) is 0 Å². The number of halogens is 1. The summed E-state index contributed by atoms with van der Waals surface area (Å²) in [6.07, 6.45) is 6.48. The number of hydrogen-bond acceptors (Lipinski definition) is 2. The van der Waals surface area contributed by atoms with E-state index in [-0.39, 0.29) is 0 Å². The largest absolute Gasteiger partial charge is 0.371 e. The van der Waals surface area contributed by atoms with Crippen LogP contribution < -0.4 is 10.2 Å². The van der Waals surface area contributed by atoms with Gasteiger partial charge in [-0.15, -0.1) is 0 Å². The molecular formula is C18H29ClN2. The van der Waals surface area contributed by atoms with E-state index >= 15 is 0 Å². The highest BCUT2D eigenvalue weighted by atomic mass is 35.5. The van der Waals surface area contributed by atoms with Crippen LogP contribution in [-0.2, 0) is 6.54 Å². The third-order valence-electron chi connectivity index (χ3n) is 4.70. The van der Waals surface area contributed by atoms with Crippen molar-refractivity contribution < 1.29 is 0 Å². The summed E-state index contributed by atoms with van der Waals surface area (Å²) in [5.74, 6) is 0.894. The van der Waals surface area contributed by atoms with Gasteiger partial charge in [-0.3, -0.25) is 0 Å². The third-order valence-corrected chi connectivity index (χ3v) is 4.93. The van der Waals surface area contributed by atoms with Crippen molar-refractivity contribution in [3.05, 3.63) is 28.8 Å². The highest BCUT2D eigenvalue weighted by molar-refractivity contribution is 6.30. The second kappa shape index (κ2) is 8.05. The Kier molecular flexibility index (Phi) is 6.38. The van der Waals surface area contributed by atoms with Gasteiger partial charge in [0.15, 0.2) is 0 Å². The van der Waals surface area contributed by atoms with Crippen LogP contribution in [0.3, 0.4) is 0 Å². The fraction of sp³-hybridized carbons (Fsp3) is 0.667. The SMILES string of the molecule is CCCNCc1cc(Cl)ccc1N(C)C1CCC(C)CC1. The maximum atomic E-state index is 6.19. The fourth-order valence-corrected chi connectivity index (χ4v) is 3.46. The summed E-state index contributed by atoms with van der Waals surface area (Å²) in [6, 6.07) is 6.99. The van der Waals surface area contributed by atoms with Crippen LogP contribution in [0.15, 0.2) is 18.2 Å². The van der Waals surface area contributed by atoms with Crippen LogP contribution in [0, 0.1) is 5.92 Å². The van der Waals surface area contributed by atoms with E-state index in [1.807, 2.05) is 6.07 Å². The van der Waals surface area contributed by atoms with Gasteiger partial charge in [-0.25, -0.2) is 0 Å². The zero-order valence-corrected chi connectivity index (χ0v) is 14.4. The normalized spacial score (nSPS) is 22.3. The third kappa shape index (κ3) is 4.62. The van der Waals surface area contributed by atoms with Crippen molar-refractivity contribution in [3.63, 3.8) is 0 Å². The Morgan fingerprint density at radius 1 is 1.24 bits per heavy atom. The number of benzene rings is 1. The van der Waals surface area contributed by atoms with Crippen molar-refractivity contribution in [2.45, 2.75) is 58.5 Å². The van der Waals surface area contributed by atoms with Gasteiger partial charge in [-0.05, 0) is 68.3 Å². The predicted octanol–water partition coefficient (Wildman–Crippen LogP) is 4.85. The molecule has 3 heteroatoms. The molecule has 0 radical (unpaired) electrons. The average molecular weight is 309 g/mol. The van der Waals surface area contributed by atoms with Gasteiger partial charge >= 0.3 is 0 Å². The molecule has 1 N–H and O–H groups in total. The van der Waals surface area contributed by atoms with Crippen molar-refractivity contribution in [2.24, 2.45) is 5.92 Å². The molecule has 0 saturated heterocycles. The molecule has 1 aliphatic carbocycles. The Balaban J connectivity index is 2.09. The molecule has 118 valence electrons. The molecule has 0 spiro atoms. The molecule has 0 bridgehead atoms. The van der Waals surface area contributed by atoms with Crippen molar-refractivity contribution in [2.75, 3.05) is 18.5 Å². The Hall–Kier alpha value is -0.730. The van der Waals surface area contributed by atoms with Gasteiger partial charge in [0.05, 0.1) is 0 Å². The van der Waals surface area contributed by atoms with Crippen molar-refractivity contribution in [3.8, 4) is 0 Å². The summed E-state index contributed by atoms with van der Waals surface area (Å²) in [5.41, 5.74) is 2.65. The average Bonchev–Trinajstić information content (AvgIpc) is 2.48. The molecular weight excluding hydrogens is 280 g/mol. The van der Waals surface area contributed by atoms with Crippen molar-refractivity contribution >= 4 is 17.3 Å². The lowest BCUT2D eigenvalue weighted by atomic mass is 9.86. The number of anilines is 1. The summed E-state index contributed by atoms with van der Waals surface area (Å²) in [6.45, 7) is 6.52. The number of rotatable bonds is 6. The van der Waals surface area contributed by atoms with Gasteiger partial charge < -0.3 is 10.2 Å². The van der Waals surface area contributed by atoms with Crippen LogP contribution in [0.25, 0.3) is 0 Å². The number of nitrogens with zero attached hydrogens (tertiary/aromatic N) is 1. The van der Waals surface area contributed by atoms with Crippen molar-refractivity contribution in [1.82, 2.24) is 5.32 Å². The molecule has 1 saturated carbocycles. The Labute approximate surface area is 134 Å². The first-order valence-electron chi connectivity index (χ1n) is 8.33. The Morgan fingerprint density at radius 3 is 2.62 bits per heavy atom. The van der Waals surface area contributed by atoms with E-state index in [2.05, 4.69) is 43.2 Å². The molecule has 0 heterocycles. The first-order chi connectivity index (χ1) is 10.1. The minimum Gasteiger partial charge on any atom is -0.371 e. The summed E-state index contributed by atoms with van der Waals surface area (Å²) >= 11 is 6.19. The second-order valence-electron chi connectivity index (χ2n) is 6.47. The van der Waals surface area contributed by atoms with Gasteiger partial charge in [0.2, 0.25) is 0 Å². The lowest BCUT2D eigenvalue weighted by molar-refractivity contribution is 0.340. The standard InChI is InChI=1S/C18H29ClN2/c1-4-11-20-13-15-12-16(19)7-10-18(15)21(3)17-8-5-14(2)6-9-17/h7,10,12,14,17,20H,4-6,8-9,11,13H2,1-3H3. The Morgan fingerprint density at radius 2 is 1.95 bits per heavy atom. The number of hydrogen-bond donors (Lipinski definition) is 1. The molecule has 2 nitrogen and oxygen atoms in total. The van der Waals surface area contributed by atoms with Crippen molar-refractivity contribution in [1.29, 1.82) is 0 Å². The van der Waals surface area contributed by atoms with Gasteiger partial charge in [-0.2, -0.15) is 0 Å². The Bertz CT molecular complexity index is 439. The van der Waals surface area contributed by atoms with E-state index in [0.717, 1.165) is 30.5 Å². The molecule has 1 aliphatic rings. The molecule has 1 fully saturated rings. The molecule has 1 aromatic carbocycles. The summed E-state index contributed by atoms with van der Waals surface area (Å²) in [4.78, 5) is 2.48. The molecule has 0 amide bonds. The second-order valence-corrected chi connectivity index (χ2v) is 6.91. The van der Waals surface area contributed by atoms with Gasteiger partial charge in [0.1, 0.15) is 0 Å². The maximum absolute atomic E-state index is 6.19. The number of nitrogens with one attached hydrogen (secondary N) is 1. The summed E-state index contributed by atoms with van der Waals surface area (Å²) < 4.78 is 0. The fourth-order valence-electron chi connectivity index (χ4n) is 3.27. The van der Waals surface area contributed by atoms with Crippen LogP contribution in [0.1, 0.15) is 51.5 Å². The van der Waals surface area contributed by atoms with Crippen LogP contribution in [0.5, 0.6) is 0 Å².